The van der Waals surface area contributed by atoms with E-state index in [-0.39, 0.29) is 0 Å². The van der Waals surface area contributed by atoms with Gasteiger partial charge in [0.2, 0.25) is 0 Å². The lowest BCUT2D eigenvalue weighted by atomic mass is 10.3. The summed E-state index contributed by atoms with van der Waals surface area (Å²) in [4.78, 5) is 0. The molecular weight excluding hydrogens is 234 g/mol. The summed E-state index contributed by atoms with van der Waals surface area (Å²) in [6.07, 6.45) is 0. The largest absolute Gasteiger partial charge is 0.361 e. The highest BCUT2D eigenvalue weighted by Gasteiger charge is 2.01. The summed E-state index contributed by atoms with van der Waals surface area (Å²) < 4.78 is 4.96. The summed E-state index contributed by atoms with van der Waals surface area (Å²) in [5, 5.41) is 10.6. The third-order valence-electron chi connectivity index (χ3n) is 2.14. The fourth-order valence-electron chi connectivity index (χ4n) is 1.37. The molecule has 0 aliphatic carbocycles. The summed E-state index contributed by atoms with van der Waals surface area (Å²) >= 11 is 5.16. The zero-order valence-electron chi connectivity index (χ0n) is 9.43. The molecule has 0 aliphatic rings. The molecule has 0 fully saturated rings. The van der Waals surface area contributed by atoms with Gasteiger partial charge < -0.3 is 15.2 Å². The van der Waals surface area contributed by atoms with E-state index in [0.29, 0.717) is 11.7 Å². The molecule has 1 aromatic heterocycles. The topological polar surface area (TPSA) is 50.1 Å². The first-order valence-corrected chi connectivity index (χ1v) is 5.67. The Hall–Kier alpha value is -1.88. The van der Waals surface area contributed by atoms with Crippen molar-refractivity contribution < 1.29 is 4.52 Å². The fraction of sp³-hybridized carbons (Fsp3) is 0.167. The number of hydrogen-bond acceptors (Lipinski definition) is 3. The van der Waals surface area contributed by atoms with Crippen LogP contribution in [0.4, 0.5) is 5.69 Å². The molecule has 0 atom stereocenters. The van der Waals surface area contributed by atoms with E-state index in [0.717, 1.165) is 17.1 Å². The maximum absolute atomic E-state index is 5.16. The van der Waals surface area contributed by atoms with Gasteiger partial charge in [-0.05, 0) is 31.3 Å². The second-order valence-corrected chi connectivity index (χ2v) is 4.01. The minimum atomic E-state index is 0.552. The first-order chi connectivity index (χ1) is 8.24. The smallest absolute Gasteiger partial charge is 0.171 e. The molecule has 2 N–H and O–H groups in total. The minimum Gasteiger partial charge on any atom is -0.361 e. The zero-order valence-corrected chi connectivity index (χ0v) is 10.3. The van der Waals surface area contributed by atoms with Crippen LogP contribution in [0.15, 0.2) is 40.9 Å². The number of aryl methyl sites for hydroxylation is 1. The van der Waals surface area contributed by atoms with Gasteiger partial charge in [0.25, 0.3) is 0 Å². The fourth-order valence-corrected chi connectivity index (χ4v) is 1.56. The average Bonchev–Trinajstić information content (AvgIpc) is 2.74. The molecule has 0 aliphatic heterocycles. The van der Waals surface area contributed by atoms with Crippen molar-refractivity contribution in [2.45, 2.75) is 13.5 Å². The molecule has 0 spiro atoms. The molecule has 88 valence electrons. The molecule has 0 bridgehead atoms. The van der Waals surface area contributed by atoms with E-state index in [2.05, 4.69) is 15.8 Å². The van der Waals surface area contributed by atoms with Crippen LogP contribution in [0.2, 0.25) is 0 Å². The number of rotatable bonds is 3. The van der Waals surface area contributed by atoms with Crippen LogP contribution in [-0.4, -0.2) is 10.3 Å². The van der Waals surface area contributed by atoms with Crippen LogP contribution in [0.3, 0.4) is 0 Å². The second kappa shape index (κ2) is 5.45. The number of hydrogen-bond donors (Lipinski definition) is 2. The maximum Gasteiger partial charge on any atom is 0.171 e. The standard InChI is InChI=1S/C12H13N3OS/c1-9-7-11(15-16-9)8-13-12(17)14-10-5-3-2-4-6-10/h2-7H,8H2,1H3,(H2,13,14,17). The van der Waals surface area contributed by atoms with Crippen LogP contribution < -0.4 is 10.6 Å². The maximum atomic E-state index is 5.16. The quantitative estimate of drug-likeness (QED) is 0.816. The van der Waals surface area contributed by atoms with Crippen molar-refractivity contribution in [3.63, 3.8) is 0 Å². The van der Waals surface area contributed by atoms with E-state index in [1.807, 2.05) is 43.3 Å². The van der Waals surface area contributed by atoms with Crippen molar-refractivity contribution in [1.29, 1.82) is 0 Å². The number of aromatic nitrogens is 1. The first-order valence-electron chi connectivity index (χ1n) is 5.26. The van der Waals surface area contributed by atoms with Gasteiger partial charge in [-0.1, -0.05) is 23.4 Å². The number of benzene rings is 1. The van der Waals surface area contributed by atoms with E-state index in [9.17, 15) is 0 Å². The number of para-hydroxylation sites is 1. The van der Waals surface area contributed by atoms with E-state index in [1.165, 1.54) is 0 Å². The van der Waals surface area contributed by atoms with Crippen LogP contribution in [0.25, 0.3) is 0 Å². The molecule has 17 heavy (non-hydrogen) atoms. The molecule has 1 heterocycles. The van der Waals surface area contributed by atoms with E-state index in [1.54, 1.807) is 0 Å². The number of thiocarbonyl (C=S) groups is 1. The number of nitrogens with zero attached hydrogens (tertiary/aromatic N) is 1. The van der Waals surface area contributed by atoms with Crippen LogP contribution in [0, 0.1) is 6.92 Å². The lowest BCUT2D eigenvalue weighted by molar-refractivity contribution is 0.390. The van der Waals surface area contributed by atoms with E-state index >= 15 is 0 Å². The van der Waals surface area contributed by atoms with Crippen molar-refractivity contribution in [3.8, 4) is 0 Å². The van der Waals surface area contributed by atoms with Crippen molar-refractivity contribution in [3.05, 3.63) is 47.9 Å². The summed E-state index contributed by atoms with van der Waals surface area (Å²) in [6.45, 7) is 2.41. The molecule has 5 heteroatoms. The van der Waals surface area contributed by atoms with Crippen LogP contribution in [-0.2, 0) is 6.54 Å². The van der Waals surface area contributed by atoms with Crippen LogP contribution in [0.5, 0.6) is 0 Å². The Morgan fingerprint density at radius 2 is 2.12 bits per heavy atom. The van der Waals surface area contributed by atoms with E-state index in [4.69, 9.17) is 16.7 Å². The second-order valence-electron chi connectivity index (χ2n) is 3.60. The Labute approximate surface area is 105 Å². The van der Waals surface area contributed by atoms with E-state index < -0.39 is 0 Å². The first kappa shape index (κ1) is 11.6. The van der Waals surface area contributed by atoms with Crippen LogP contribution in [0.1, 0.15) is 11.5 Å². The Morgan fingerprint density at radius 3 is 2.76 bits per heavy atom. The molecule has 2 aromatic rings. The van der Waals surface area contributed by atoms with Crippen molar-refractivity contribution in [2.75, 3.05) is 5.32 Å². The van der Waals surface area contributed by atoms with Crippen molar-refractivity contribution in [2.24, 2.45) is 0 Å². The lowest BCUT2D eigenvalue weighted by Gasteiger charge is -2.08. The molecule has 0 saturated heterocycles. The third-order valence-corrected chi connectivity index (χ3v) is 2.38. The highest BCUT2D eigenvalue weighted by Crippen LogP contribution is 2.05. The summed E-state index contributed by atoms with van der Waals surface area (Å²) in [5.41, 5.74) is 1.79. The normalized spacial score (nSPS) is 9.94. The van der Waals surface area contributed by atoms with Crippen LogP contribution >= 0.6 is 12.2 Å². The van der Waals surface area contributed by atoms with Gasteiger partial charge >= 0.3 is 0 Å². The van der Waals surface area contributed by atoms with Gasteiger partial charge in [0.15, 0.2) is 5.11 Å². The predicted molar refractivity (Wildman–Crippen MR) is 70.7 cm³/mol. The average molecular weight is 247 g/mol. The Kier molecular flexibility index (Phi) is 3.72. The molecule has 0 unspecified atom stereocenters. The molecule has 1 aromatic carbocycles. The SMILES string of the molecule is Cc1cc(CNC(=S)Nc2ccccc2)no1. The van der Waals surface area contributed by atoms with Gasteiger partial charge in [0.1, 0.15) is 11.5 Å². The van der Waals surface area contributed by atoms with Gasteiger partial charge in [0.05, 0.1) is 6.54 Å². The summed E-state index contributed by atoms with van der Waals surface area (Å²) in [5.74, 6) is 0.795. The predicted octanol–water partition coefficient (Wildman–Crippen LogP) is 2.47. The number of nitrogens with one attached hydrogen (secondary N) is 2. The van der Waals surface area contributed by atoms with Gasteiger partial charge in [0, 0.05) is 11.8 Å². The third kappa shape index (κ3) is 3.57. The van der Waals surface area contributed by atoms with Gasteiger partial charge in [-0.3, -0.25) is 0 Å². The molecule has 0 amide bonds. The molecule has 0 radical (unpaired) electrons. The summed E-state index contributed by atoms with van der Waals surface area (Å²) in [7, 11) is 0. The van der Waals surface area contributed by atoms with Gasteiger partial charge in [-0.2, -0.15) is 0 Å². The monoisotopic (exact) mass is 247 g/mol. The summed E-state index contributed by atoms with van der Waals surface area (Å²) in [6, 6.07) is 11.6. The van der Waals surface area contributed by atoms with Crippen molar-refractivity contribution in [1.82, 2.24) is 10.5 Å². The Balaban J connectivity index is 1.82. The van der Waals surface area contributed by atoms with Gasteiger partial charge in [-0.15, -0.1) is 0 Å². The highest BCUT2D eigenvalue weighted by molar-refractivity contribution is 7.80. The molecule has 0 saturated carbocycles. The van der Waals surface area contributed by atoms with Gasteiger partial charge in [-0.25, -0.2) is 0 Å². The Bertz CT molecular complexity index is 495. The highest BCUT2D eigenvalue weighted by atomic mass is 32.1. The molecular formula is C12H13N3OS. The van der Waals surface area contributed by atoms with Crippen molar-refractivity contribution >= 4 is 23.0 Å². The number of anilines is 1. The molecule has 4 nitrogen and oxygen atoms in total. The minimum absolute atomic E-state index is 0.552. The zero-order chi connectivity index (χ0) is 12.1. The lowest BCUT2D eigenvalue weighted by Crippen LogP contribution is -2.27. The molecule has 2 rings (SSSR count). The Morgan fingerprint density at radius 1 is 1.35 bits per heavy atom.